The zero-order valence-corrected chi connectivity index (χ0v) is 9.36. The van der Waals surface area contributed by atoms with E-state index in [0.29, 0.717) is 0 Å². The molecule has 70 valence electrons. The van der Waals surface area contributed by atoms with Gasteiger partial charge in [0.15, 0.2) is 0 Å². The van der Waals surface area contributed by atoms with Crippen molar-refractivity contribution in [2.75, 3.05) is 13.2 Å². The first-order chi connectivity index (χ1) is 5.83. The van der Waals surface area contributed by atoms with E-state index in [-0.39, 0.29) is 0 Å². The van der Waals surface area contributed by atoms with E-state index in [4.69, 9.17) is 4.74 Å². The molecule has 0 fully saturated rings. The quantitative estimate of drug-likeness (QED) is 0.435. The molecular weight excluding hydrogens is 143 g/mol. The molecule has 0 saturated heterocycles. The van der Waals surface area contributed by atoms with Gasteiger partial charge in [-0.1, -0.05) is 26.7 Å². The van der Waals surface area contributed by atoms with E-state index in [1.54, 1.807) is 0 Å². The van der Waals surface area contributed by atoms with Crippen LogP contribution in [0.3, 0.4) is 0 Å². The van der Waals surface area contributed by atoms with E-state index in [1.165, 1.54) is 30.8 Å². The molecule has 0 heterocycles. The van der Waals surface area contributed by atoms with Crippen LogP contribution >= 0.6 is 0 Å². The average Bonchev–Trinajstić information content (AvgIpc) is 2.06. The molecule has 1 nitrogen and oxygen atoms in total. The first kappa shape index (κ1) is 15.0. The number of ether oxygens (including phenoxy) is 1. The van der Waals surface area contributed by atoms with Gasteiger partial charge in [0.25, 0.3) is 0 Å². The molecule has 0 aliphatic rings. The van der Waals surface area contributed by atoms with Crippen LogP contribution in [0.4, 0.5) is 0 Å². The molecule has 0 aromatic carbocycles. The van der Waals surface area contributed by atoms with Gasteiger partial charge < -0.3 is 4.74 Å². The van der Waals surface area contributed by atoms with Crippen LogP contribution in [-0.2, 0) is 4.74 Å². The Labute approximate surface area is 87.5 Å². The first-order valence-electron chi connectivity index (χ1n) is 5.41. The summed E-state index contributed by atoms with van der Waals surface area (Å²) in [5, 5.41) is 1.25. The van der Waals surface area contributed by atoms with Crippen LogP contribution in [0.1, 0.15) is 46.5 Å². The third-order valence-corrected chi connectivity index (χ3v) is 1.28. The van der Waals surface area contributed by atoms with Crippen molar-refractivity contribution in [2.24, 2.45) is 0 Å². The predicted octanol–water partition coefficient (Wildman–Crippen LogP) is 3.20. The summed E-state index contributed by atoms with van der Waals surface area (Å²) < 4.78 is 5.31. The summed E-state index contributed by atoms with van der Waals surface area (Å²) in [6.07, 6.45) is 4.91. The molecule has 2 heteroatoms. The minimum atomic E-state index is 0.955. The van der Waals surface area contributed by atoms with E-state index in [0.717, 1.165) is 13.2 Å². The van der Waals surface area contributed by atoms with Crippen LogP contribution in [0, 0.1) is 0 Å². The Kier molecular flexibility index (Phi) is 22.1. The Balaban J connectivity index is 0. The van der Waals surface area contributed by atoms with Crippen LogP contribution in [0.25, 0.3) is 0 Å². The summed E-state index contributed by atoms with van der Waals surface area (Å²) in [5.41, 5.74) is 0. The second-order valence-corrected chi connectivity index (χ2v) is 3.03. The minimum absolute atomic E-state index is 0.955. The maximum atomic E-state index is 5.31. The zero-order chi connectivity index (χ0) is 9.66. The first-order valence-corrected chi connectivity index (χ1v) is 5.41. The van der Waals surface area contributed by atoms with Gasteiger partial charge in [-0.05, 0) is 12.8 Å². The van der Waals surface area contributed by atoms with Crippen molar-refractivity contribution in [3.05, 3.63) is 0 Å². The molecule has 0 aliphatic carbocycles. The summed E-state index contributed by atoms with van der Waals surface area (Å²) in [6.45, 7) is 8.40. The number of hydrogen-bond donors (Lipinski definition) is 0. The molecular formula is C10H23LiO. The van der Waals surface area contributed by atoms with Gasteiger partial charge in [0.2, 0.25) is 0 Å². The van der Waals surface area contributed by atoms with Crippen molar-refractivity contribution in [1.82, 2.24) is 0 Å². The third-order valence-electron chi connectivity index (χ3n) is 1.28. The second kappa shape index (κ2) is 17.6. The molecule has 12 heavy (non-hydrogen) atoms. The Hall–Kier alpha value is 0.557. The van der Waals surface area contributed by atoms with E-state index >= 15 is 0 Å². The molecule has 0 unspecified atom stereocenters. The fourth-order valence-electron chi connectivity index (χ4n) is 0.595. The Morgan fingerprint density at radius 1 is 0.917 bits per heavy atom. The normalized spacial score (nSPS) is 9.08. The van der Waals surface area contributed by atoms with Crippen LogP contribution in [0.5, 0.6) is 0 Å². The summed E-state index contributed by atoms with van der Waals surface area (Å²) in [6, 6.07) is 0. The Bertz CT molecular complexity index is 51.8. The van der Waals surface area contributed by atoms with Crippen molar-refractivity contribution >= 4 is 17.7 Å². The molecule has 0 bridgehead atoms. The zero-order valence-electron chi connectivity index (χ0n) is 9.36. The molecule has 0 spiro atoms. The van der Waals surface area contributed by atoms with Crippen LogP contribution < -0.4 is 0 Å². The van der Waals surface area contributed by atoms with Gasteiger partial charge in [-0.15, -0.1) is 0 Å². The number of unbranched alkanes of at least 4 members (excludes halogenated alkanes) is 2. The molecule has 0 rings (SSSR count). The summed E-state index contributed by atoms with van der Waals surface area (Å²) >= 11 is 2.12. The second-order valence-electron chi connectivity index (χ2n) is 3.03. The third kappa shape index (κ3) is 22.4. The van der Waals surface area contributed by atoms with Gasteiger partial charge in [0, 0.05) is 13.2 Å². The van der Waals surface area contributed by atoms with Gasteiger partial charge in [-0.2, -0.15) is 0 Å². The van der Waals surface area contributed by atoms with E-state index in [9.17, 15) is 0 Å². The maximum absolute atomic E-state index is 5.31. The molecule has 0 saturated carbocycles. The molecule has 0 amide bonds. The van der Waals surface area contributed by atoms with E-state index < -0.39 is 0 Å². The SMILES string of the molecule is CCCCOCCCC.[Li][CH2]C. The van der Waals surface area contributed by atoms with E-state index in [1.807, 2.05) is 0 Å². The predicted molar refractivity (Wildman–Crippen MR) is 56.9 cm³/mol. The summed E-state index contributed by atoms with van der Waals surface area (Å²) in [7, 11) is 0. The summed E-state index contributed by atoms with van der Waals surface area (Å²) in [4.78, 5) is 0. The van der Waals surface area contributed by atoms with Crippen molar-refractivity contribution < 1.29 is 4.74 Å². The topological polar surface area (TPSA) is 9.23 Å². The van der Waals surface area contributed by atoms with Crippen LogP contribution in [-0.4, -0.2) is 30.9 Å². The monoisotopic (exact) mass is 166 g/mol. The van der Waals surface area contributed by atoms with Crippen molar-refractivity contribution in [3.8, 4) is 0 Å². The molecule has 0 N–H and O–H groups in total. The van der Waals surface area contributed by atoms with E-state index in [2.05, 4.69) is 38.5 Å². The van der Waals surface area contributed by atoms with Crippen molar-refractivity contribution in [1.29, 1.82) is 0 Å². The Morgan fingerprint density at radius 3 is 1.50 bits per heavy atom. The van der Waals surface area contributed by atoms with Gasteiger partial charge in [0.1, 0.15) is 0 Å². The molecule has 0 aliphatic heterocycles. The van der Waals surface area contributed by atoms with Gasteiger partial charge in [-0.25, -0.2) is 0 Å². The molecule has 0 aromatic rings. The number of rotatable bonds is 6. The van der Waals surface area contributed by atoms with Gasteiger partial charge in [0.05, 0.1) is 0 Å². The van der Waals surface area contributed by atoms with Gasteiger partial charge in [-0.3, -0.25) is 0 Å². The summed E-state index contributed by atoms with van der Waals surface area (Å²) in [5.74, 6) is 0. The fourth-order valence-corrected chi connectivity index (χ4v) is 0.595. The molecule has 0 radical (unpaired) electrons. The van der Waals surface area contributed by atoms with Crippen LogP contribution in [0.2, 0.25) is 5.09 Å². The molecule has 0 aromatic heterocycles. The Morgan fingerprint density at radius 2 is 1.25 bits per heavy atom. The average molecular weight is 166 g/mol. The molecule has 0 atom stereocenters. The van der Waals surface area contributed by atoms with Crippen molar-refractivity contribution in [2.45, 2.75) is 51.5 Å². The van der Waals surface area contributed by atoms with Gasteiger partial charge >= 0.3 is 29.7 Å². The van der Waals surface area contributed by atoms with Crippen LogP contribution in [0.15, 0.2) is 0 Å². The standard InChI is InChI=1S/C8H18O.C2H5.Li/c1-3-5-7-9-8-6-4-2;1-2;/h3-8H2,1-2H3;1H2,2H3;. The fraction of sp³-hybridized carbons (Fsp3) is 1.00. The van der Waals surface area contributed by atoms with Crippen molar-refractivity contribution in [3.63, 3.8) is 0 Å². The number of hydrogen-bond acceptors (Lipinski definition) is 1.